The van der Waals surface area contributed by atoms with Crippen molar-refractivity contribution in [1.82, 2.24) is 0 Å². The van der Waals surface area contributed by atoms with Crippen LogP contribution in [0.5, 0.6) is 0 Å². The summed E-state index contributed by atoms with van der Waals surface area (Å²) in [6.07, 6.45) is 0. The van der Waals surface area contributed by atoms with Crippen molar-refractivity contribution in [2.24, 2.45) is 0 Å². The van der Waals surface area contributed by atoms with Crippen LogP contribution in [0.1, 0.15) is 5.56 Å². The Kier molecular flexibility index (Phi) is 3.29. The molecule has 0 atom stereocenters. The first-order valence-corrected chi connectivity index (χ1v) is 5.23. The van der Waals surface area contributed by atoms with Crippen molar-refractivity contribution in [3.63, 3.8) is 0 Å². The molecule has 19 heavy (non-hydrogen) atoms. The highest BCUT2D eigenvalue weighted by Crippen LogP contribution is 2.28. The molecule has 0 aliphatic heterocycles. The number of hydrogen-bond acceptors (Lipinski definition) is 3. The third-order valence-corrected chi connectivity index (χ3v) is 2.53. The van der Waals surface area contributed by atoms with Crippen molar-refractivity contribution in [1.29, 1.82) is 5.26 Å². The Morgan fingerprint density at radius 3 is 2.42 bits per heavy atom. The second kappa shape index (κ2) is 4.90. The highest BCUT2D eigenvalue weighted by Gasteiger charge is 2.14. The Morgan fingerprint density at radius 1 is 1.00 bits per heavy atom. The van der Waals surface area contributed by atoms with Gasteiger partial charge in [-0.15, -0.1) is 0 Å². The van der Waals surface area contributed by atoms with Gasteiger partial charge in [0.15, 0.2) is 17.5 Å². The van der Waals surface area contributed by atoms with E-state index < -0.39 is 17.5 Å². The first-order valence-electron chi connectivity index (χ1n) is 5.23. The summed E-state index contributed by atoms with van der Waals surface area (Å²) < 4.78 is 39.3. The molecule has 0 amide bonds. The van der Waals surface area contributed by atoms with Crippen LogP contribution < -0.4 is 11.1 Å². The topological polar surface area (TPSA) is 61.8 Å². The summed E-state index contributed by atoms with van der Waals surface area (Å²) in [6.45, 7) is 0. The molecule has 0 saturated carbocycles. The molecule has 2 rings (SSSR count). The van der Waals surface area contributed by atoms with Gasteiger partial charge >= 0.3 is 0 Å². The fourth-order valence-corrected chi connectivity index (χ4v) is 1.54. The van der Waals surface area contributed by atoms with E-state index in [4.69, 9.17) is 11.0 Å². The SMILES string of the molecule is N#Cc1cccc(Nc2ccc(F)c(F)c2F)c1N. The monoisotopic (exact) mass is 263 g/mol. The smallest absolute Gasteiger partial charge is 0.196 e. The zero-order valence-electron chi connectivity index (χ0n) is 9.55. The molecule has 2 aromatic rings. The largest absolute Gasteiger partial charge is 0.396 e. The number of rotatable bonds is 2. The standard InChI is InChI=1S/C13H8F3N3/c14-8-4-5-9(12(16)11(8)15)19-10-3-1-2-7(6-17)13(10)18/h1-5,19H,18H2. The van der Waals surface area contributed by atoms with E-state index in [9.17, 15) is 13.2 Å². The third-order valence-electron chi connectivity index (χ3n) is 2.53. The van der Waals surface area contributed by atoms with Crippen molar-refractivity contribution in [3.05, 3.63) is 53.3 Å². The van der Waals surface area contributed by atoms with Gasteiger partial charge in [0.05, 0.1) is 22.6 Å². The lowest BCUT2D eigenvalue weighted by molar-refractivity contribution is 0.449. The predicted octanol–water partition coefficient (Wildman–Crippen LogP) is 3.30. The van der Waals surface area contributed by atoms with Crippen molar-refractivity contribution in [2.45, 2.75) is 0 Å². The van der Waals surface area contributed by atoms with Crippen molar-refractivity contribution >= 4 is 17.1 Å². The van der Waals surface area contributed by atoms with Gasteiger partial charge in [0.2, 0.25) is 0 Å². The average Bonchev–Trinajstić information content (AvgIpc) is 2.41. The van der Waals surface area contributed by atoms with E-state index in [2.05, 4.69) is 5.32 Å². The Bertz CT molecular complexity index is 678. The maximum absolute atomic E-state index is 13.5. The quantitative estimate of drug-likeness (QED) is 0.645. The van der Waals surface area contributed by atoms with Crippen LogP contribution in [0.15, 0.2) is 30.3 Å². The van der Waals surface area contributed by atoms with Gasteiger partial charge in [-0.3, -0.25) is 0 Å². The minimum atomic E-state index is -1.57. The summed E-state index contributed by atoms with van der Waals surface area (Å²) in [5, 5.41) is 11.3. The van der Waals surface area contributed by atoms with Gasteiger partial charge in [-0.1, -0.05) is 6.07 Å². The highest BCUT2D eigenvalue weighted by molar-refractivity contribution is 5.77. The first kappa shape index (κ1) is 12.8. The van der Waals surface area contributed by atoms with Gasteiger partial charge in [0.25, 0.3) is 0 Å². The molecule has 0 saturated heterocycles. The number of nitrogen functional groups attached to an aromatic ring is 1. The van der Waals surface area contributed by atoms with Crippen LogP contribution in [-0.2, 0) is 0 Å². The third kappa shape index (κ3) is 2.31. The molecule has 2 aromatic carbocycles. The summed E-state index contributed by atoms with van der Waals surface area (Å²) in [6, 6.07) is 8.23. The minimum Gasteiger partial charge on any atom is -0.396 e. The number of anilines is 3. The van der Waals surface area contributed by atoms with Crippen LogP contribution in [0.3, 0.4) is 0 Å². The van der Waals surface area contributed by atoms with Gasteiger partial charge in [-0.25, -0.2) is 13.2 Å². The molecule has 0 aliphatic carbocycles. The van der Waals surface area contributed by atoms with Crippen LogP contribution >= 0.6 is 0 Å². The first-order chi connectivity index (χ1) is 9.04. The van der Waals surface area contributed by atoms with Crippen LogP contribution in [0.4, 0.5) is 30.2 Å². The predicted molar refractivity (Wildman–Crippen MR) is 65.2 cm³/mol. The fraction of sp³-hybridized carbons (Fsp3) is 0. The number of nitrogens with two attached hydrogens (primary N) is 1. The second-order valence-electron chi connectivity index (χ2n) is 3.73. The molecule has 0 radical (unpaired) electrons. The molecule has 0 aliphatic rings. The number of nitrogens with one attached hydrogen (secondary N) is 1. The molecule has 0 unspecified atom stereocenters. The van der Waals surface area contributed by atoms with Gasteiger partial charge in [-0.05, 0) is 24.3 Å². The number of nitrogens with zero attached hydrogens (tertiary/aromatic N) is 1. The van der Waals surface area contributed by atoms with Gasteiger partial charge in [0, 0.05) is 0 Å². The maximum Gasteiger partial charge on any atom is 0.196 e. The van der Waals surface area contributed by atoms with Gasteiger partial charge in [0.1, 0.15) is 6.07 Å². The second-order valence-corrected chi connectivity index (χ2v) is 3.73. The molecule has 0 aromatic heterocycles. The molecule has 0 heterocycles. The zero-order valence-corrected chi connectivity index (χ0v) is 9.55. The molecule has 3 nitrogen and oxygen atoms in total. The Hall–Kier alpha value is -2.68. The van der Waals surface area contributed by atoms with E-state index in [0.29, 0.717) is 0 Å². The van der Waals surface area contributed by atoms with E-state index in [1.807, 2.05) is 6.07 Å². The number of benzene rings is 2. The zero-order chi connectivity index (χ0) is 14.0. The molecule has 0 spiro atoms. The molecule has 6 heteroatoms. The van der Waals surface area contributed by atoms with E-state index >= 15 is 0 Å². The molecular formula is C13H8F3N3. The Morgan fingerprint density at radius 2 is 1.74 bits per heavy atom. The van der Waals surface area contributed by atoms with Crippen molar-refractivity contribution < 1.29 is 13.2 Å². The van der Waals surface area contributed by atoms with Crippen LogP contribution in [0.25, 0.3) is 0 Å². The lowest BCUT2D eigenvalue weighted by Gasteiger charge is -2.11. The fourth-order valence-electron chi connectivity index (χ4n) is 1.54. The summed E-state index contributed by atoms with van der Waals surface area (Å²) in [4.78, 5) is 0. The Balaban J connectivity index is 2.43. The van der Waals surface area contributed by atoms with E-state index in [0.717, 1.165) is 12.1 Å². The number of nitriles is 1. The normalized spacial score (nSPS) is 10.0. The van der Waals surface area contributed by atoms with Crippen LogP contribution in [0, 0.1) is 28.8 Å². The average molecular weight is 263 g/mol. The summed E-state index contributed by atoms with van der Waals surface area (Å²) >= 11 is 0. The van der Waals surface area contributed by atoms with Crippen LogP contribution in [-0.4, -0.2) is 0 Å². The lowest BCUT2D eigenvalue weighted by atomic mass is 10.1. The van der Waals surface area contributed by atoms with E-state index in [1.54, 1.807) is 0 Å². The van der Waals surface area contributed by atoms with E-state index in [-0.39, 0.29) is 22.6 Å². The van der Waals surface area contributed by atoms with E-state index in [1.165, 1.54) is 18.2 Å². The molecular weight excluding hydrogens is 255 g/mol. The van der Waals surface area contributed by atoms with Crippen molar-refractivity contribution in [3.8, 4) is 6.07 Å². The summed E-state index contributed by atoms with van der Waals surface area (Å²) in [5.41, 5.74) is 5.97. The van der Waals surface area contributed by atoms with Gasteiger partial charge in [-0.2, -0.15) is 5.26 Å². The number of para-hydroxylation sites is 1. The minimum absolute atomic E-state index is 0.106. The maximum atomic E-state index is 13.5. The number of hydrogen-bond donors (Lipinski definition) is 2. The molecule has 3 N–H and O–H groups in total. The molecule has 0 fully saturated rings. The molecule has 96 valence electrons. The summed E-state index contributed by atoms with van der Waals surface area (Å²) in [7, 11) is 0. The van der Waals surface area contributed by atoms with Gasteiger partial charge < -0.3 is 11.1 Å². The van der Waals surface area contributed by atoms with Crippen molar-refractivity contribution in [2.75, 3.05) is 11.1 Å². The van der Waals surface area contributed by atoms with Crippen LogP contribution in [0.2, 0.25) is 0 Å². The summed E-state index contributed by atoms with van der Waals surface area (Å²) in [5.74, 6) is -4.19. The number of halogens is 3. The Labute approximate surface area is 107 Å². The molecule has 0 bridgehead atoms. The highest BCUT2D eigenvalue weighted by atomic mass is 19.2. The lowest BCUT2D eigenvalue weighted by Crippen LogP contribution is -2.02.